The molecule has 0 radical (unpaired) electrons. The Hall–Kier alpha value is -1.12. The molecule has 0 amide bonds. The monoisotopic (exact) mass is 239 g/mol. The quantitative estimate of drug-likeness (QED) is 0.827. The number of anilines is 1. The summed E-state index contributed by atoms with van der Waals surface area (Å²) in [6, 6.07) is 4.10. The van der Waals surface area contributed by atoms with Crippen LogP contribution in [-0.2, 0) is 0 Å². The maximum Gasteiger partial charge on any atom is 0.149 e. The summed E-state index contributed by atoms with van der Waals surface area (Å²) in [6.45, 7) is 2.02. The highest BCUT2D eigenvalue weighted by molar-refractivity contribution is 5.46. The lowest BCUT2D eigenvalue weighted by molar-refractivity contribution is 0.327. The van der Waals surface area contributed by atoms with E-state index < -0.39 is 11.6 Å². The predicted octanol–water partition coefficient (Wildman–Crippen LogP) is 4.35. The van der Waals surface area contributed by atoms with Crippen molar-refractivity contribution >= 4 is 5.69 Å². The molecule has 0 heterocycles. The molecular weight excluding hydrogens is 220 g/mol. The zero-order valence-electron chi connectivity index (χ0n) is 10.2. The minimum Gasteiger partial charge on any atom is -0.378 e. The second kappa shape index (κ2) is 5.48. The van der Waals surface area contributed by atoms with E-state index in [1.807, 2.05) is 6.92 Å². The van der Waals surface area contributed by atoms with Gasteiger partial charge in [-0.1, -0.05) is 25.3 Å². The lowest BCUT2D eigenvalue weighted by Crippen LogP contribution is -2.28. The highest BCUT2D eigenvalue weighted by atomic mass is 19.1. The van der Waals surface area contributed by atoms with Gasteiger partial charge in [0.15, 0.2) is 0 Å². The third kappa shape index (κ3) is 2.96. The fourth-order valence-electron chi connectivity index (χ4n) is 2.62. The molecule has 3 heteroatoms. The second-order valence-corrected chi connectivity index (χ2v) is 4.93. The van der Waals surface area contributed by atoms with Gasteiger partial charge >= 0.3 is 0 Å². The molecule has 1 aromatic carbocycles. The highest BCUT2D eigenvalue weighted by Gasteiger charge is 2.21. The average Bonchev–Trinajstić information content (AvgIpc) is 2.35. The molecule has 1 aromatic rings. The molecule has 0 bridgehead atoms. The Morgan fingerprint density at radius 2 is 1.71 bits per heavy atom. The van der Waals surface area contributed by atoms with Crippen molar-refractivity contribution in [3.05, 3.63) is 29.8 Å². The second-order valence-electron chi connectivity index (χ2n) is 4.93. The predicted molar refractivity (Wildman–Crippen MR) is 66.0 cm³/mol. The summed E-state index contributed by atoms with van der Waals surface area (Å²) in [7, 11) is 0. The summed E-state index contributed by atoms with van der Waals surface area (Å²) in [4.78, 5) is 0. The van der Waals surface area contributed by atoms with Crippen molar-refractivity contribution < 1.29 is 8.78 Å². The topological polar surface area (TPSA) is 12.0 Å². The zero-order valence-corrected chi connectivity index (χ0v) is 10.2. The standard InChI is InChI=1S/C14H19F2N/c1-10(11-6-3-2-4-7-11)17-14-12(15)8-5-9-13(14)16/h5,8-11,17H,2-4,6-7H2,1H3. The molecule has 1 saturated carbocycles. The Labute approximate surface area is 101 Å². The molecular formula is C14H19F2N. The molecule has 94 valence electrons. The van der Waals surface area contributed by atoms with E-state index in [4.69, 9.17) is 0 Å². The van der Waals surface area contributed by atoms with Crippen LogP contribution in [-0.4, -0.2) is 6.04 Å². The van der Waals surface area contributed by atoms with E-state index in [2.05, 4.69) is 5.32 Å². The van der Waals surface area contributed by atoms with Crippen molar-refractivity contribution in [2.24, 2.45) is 5.92 Å². The van der Waals surface area contributed by atoms with Gasteiger partial charge in [-0.2, -0.15) is 0 Å². The fraction of sp³-hybridized carbons (Fsp3) is 0.571. The summed E-state index contributed by atoms with van der Waals surface area (Å²) in [5, 5.41) is 3.00. The number of benzene rings is 1. The number of nitrogens with one attached hydrogen (secondary N) is 1. The van der Waals surface area contributed by atoms with Gasteiger partial charge in [0.05, 0.1) is 0 Å². The first-order valence-corrected chi connectivity index (χ1v) is 6.39. The third-order valence-corrected chi connectivity index (χ3v) is 3.69. The Morgan fingerprint density at radius 3 is 2.29 bits per heavy atom. The van der Waals surface area contributed by atoms with Crippen LogP contribution in [0.3, 0.4) is 0 Å². The van der Waals surface area contributed by atoms with Crippen molar-refractivity contribution in [2.75, 3.05) is 5.32 Å². The number of halogens is 2. The molecule has 1 atom stereocenters. The van der Waals surface area contributed by atoms with Crippen molar-refractivity contribution in [1.82, 2.24) is 0 Å². The summed E-state index contributed by atoms with van der Waals surface area (Å²) in [5.41, 5.74) is 0.0190. The Morgan fingerprint density at radius 1 is 1.12 bits per heavy atom. The molecule has 17 heavy (non-hydrogen) atoms. The molecule has 0 saturated heterocycles. The van der Waals surface area contributed by atoms with Crippen LogP contribution in [0.5, 0.6) is 0 Å². The molecule has 1 N–H and O–H groups in total. The van der Waals surface area contributed by atoms with Gasteiger partial charge in [-0.25, -0.2) is 8.78 Å². The fourth-order valence-corrected chi connectivity index (χ4v) is 2.62. The van der Waals surface area contributed by atoms with Gasteiger partial charge in [0.25, 0.3) is 0 Å². The number of para-hydroxylation sites is 1. The Balaban J connectivity index is 2.04. The molecule has 1 unspecified atom stereocenters. The van der Waals surface area contributed by atoms with Crippen LogP contribution in [0.25, 0.3) is 0 Å². The first-order chi connectivity index (χ1) is 8.18. The van der Waals surface area contributed by atoms with Crippen molar-refractivity contribution in [3.63, 3.8) is 0 Å². The van der Waals surface area contributed by atoms with Gasteiger partial charge in [-0.15, -0.1) is 0 Å². The zero-order chi connectivity index (χ0) is 12.3. The molecule has 1 fully saturated rings. The van der Waals surface area contributed by atoms with Crippen LogP contribution in [0.15, 0.2) is 18.2 Å². The van der Waals surface area contributed by atoms with Gasteiger partial charge in [-0.05, 0) is 37.8 Å². The van der Waals surface area contributed by atoms with Crippen LogP contribution < -0.4 is 5.32 Å². The van der Waals surface area contributed by atoms with Crippen molar-refractivity contribution in [3.8, 4) is 0 Å². The molecule has 1 aliphatic carbocycles. The molecule has 1 aliphatic rings. The highest BCUT2D eigenvalue weighted by Crippen LogP contribution is 2.29. The van der Waals surface area contributed by atoms with Crippen molar-refractivity contribution in [2.45, 2.75) is 45.1 Å². The SMILES string of the molecule is CC(Nc1c(F)cccc1F)C1CCCCC1. The molecule has 1 nitrogen and oxygen atoms in total. The minimum atomic E-state index is -0.507. The summed E-state index contributed by atoms with van der Waals surface area (Å²) in [6.07, 6.45) is 6.07. The summed E-state index contributed by atoms with van der Waals surface area (Å²) >= 11 is 0. The minimum absolute atomic E-state index is 0.0190. The Bertz CT molecular complexity index is 352. The van der Waals surface area contributed by atoms with Crippen LogP contribution in [0, 0.1) is 17.6 Å². The Kier molecular flexibility index (Phi) is 3.97. The van der Waals surface area contributed by atoms with Gasteiger partial charge in [0.1, 0.15) is 17.3 Å². The van der Waals surface area contributed by atoms with E-state index in [0.29, 0.717) is 5.92 Å². The first-order valence-electron chi connectivity index (χ1n) is 6.39. The lowest BCUT2D eigenvalue weighted by atomic mass is 9.84. The lowest BCUT2D eigenvalue weighted by Gasteiger charge is -2.29. The van der Waals surface area contributed by atoms with E-state index in [1.54, 1.807) is 0 Å². The van der Waals surface area contributed by atoms with Crippen LogP contribution >= 0.6 is 0 Å². The first kappa shape index (κ1) is 12.3. The smallest absolute Gasteiger partial charge is 0.149 e. The molecule has 2 rings (SSSR count). The van der Waals surface area contributed by atoms with Crippen molar-refractivity contribution in [1.29, 1.82) is 0 Å². The number of hydrogen-bond donors (Lipinski definition) is 1. The van der Waals surface area contributed by atoms with E-state index in [0.717, 1.165) is 12.8 Å². The summed E-state index contributed by atoms with van der Waals surface area (Å²) < 4.78 is 27.0. The maximum absolute atomic E-state index is 13.5. The number of hydrogen-bond acceptors (Lipinski definition) is 1. The summed E-state index contributed by atoms with van der Waals surface area (Å²) in [5.74, 6) is -0.483. The normalized spacial score (nSPS) is 19.0. The van der Waals surface area contributed by atoms with Gasteiger partial charge in [0.2, 0.25) is 0 Å². The van der Waals surface area contributed by atoms with E-state index in [-0.39, 0.29) is 11.7 Å². The molecule has 0 aromatic heterocycles. The van der Waals surface area contributed by atoms with Gasteiger partial charge in [-0.3, -0.25) is 0 Å². The van der Waals surface area contributed by atoms with E-state index in [9.17, 15) is 8.78 Å². The van der Waals surface area contributed by atoms with Crippen LogP contribution in [0.4, 0.5) is 14.5 Å². The van der Waals surface area contributed by atoms with Crippen LogP contribution in [0.1, 0.15) is 39.0 Å². The third-order valence-electron chi connectivity index (χ3n) is 3.69. The maximum atomic E-state index is 13.5. The van der Waals surface area contributed by atoms with E-state index in [1.165, 1.54) is 37.5 Å². The largest absolute Gasteiger partial charge is 0.378 e. The average molecular weight is 239 g/mol. The van der Waals surface area contributed by atoms with E-state index >= 15 is 0 Å². The number of rotatable bonds is 3. The van der Waals surface area contributed by atoms with Gasteiger partial charge < -0.3 is 5.32 Å². The van der Waals surface area contributed by atoms with Crippen LogP contribution in [0.2, 0.25) is 0 Å². The van der Waals surface area contributed by atoms with Gasteiger partial charge in [0, 0.05) is 6.04 Å². The molecule has 0 aliphatic heterocycles. The molecule has 0 spiro atoms.